The second-order valence-corrected chi connectivity index (χ2v) is 5.77. The first-order chi connectivity index (χ1) is 9.66. The number of hydrogen-bond donors (Lipinski definition) is 3. The highest BCUT2D eigenvalue weighted by atomic mass is 31.1. The SMILES string of the molecule is CC1CNCC(C)(CC(F)(F)F)N1CC(F)(F)F.O=[P+](O)O. The van der Waals surface area contributed by atoms with Crippen LogP contribution in [0.3, 0.4) is 0 Å². The van der Waals surface area contributed by atoms with Crippen LogP contribution < -0.4 is 5.32 Å². The topological polar surface area (TPSA) is 72.8 Å². The molecule has 0 aromatic rings. The minimum atomic E-state index is -4.50. The van der Waals surface area contributed by atoms with Crippen molar-refractivity contribution < 1.29 is 40.7 Å². The fraction of sp³-hybridized carbons (Fsp3) is 1.00. The lowest BCUT2D eigenvalue weighted by molar-refractivity contribution is -0.197. The Kier molecular flexibility index (Phi) is 7.70. The first-order valence-corrected chi connectivity index (χ1v) is 7.29. The minimum absolute atomic E-state index is 0.104. The summed E-state index contributed by atoms with van der Waals surface area (Å²) in [6, 6.07) is -0.590. The van der Waals surface area contributed by atoms with Crippen LogP contribution in [-0.2, 0) is 4.57 Å². The van der Waals surface area contributed by atoms with Gasteiger partial charge in [-0.2, -0.15) is 26.3 Å². The zero-order valence-electron chi connectivity index (χ0n) is 11.9. The van der Waals surface area contributed by atoms with Gasteiger partial charge in [0.2, 0.25) is 0 Å². The molecule has 0 saturated carbocycles. The maximum absolute atomic E-state index is 12.5. The van der Waals surface area contributed by atoms with Crippen molar-refractivity contribution in [1.82, 2.24) is 10.2 Å². The van der Waals surface area contributed by atoms with E-state index in [1.165, 1.54) is 13.8 Å². The average molecular weight is 359 g/mol. The third kappa shape index (κ3) is 8.84. The van der Waals surface area contributed by atoms with Gasteiger partial charge in [-0.3, -0.25) is 4.90 Å². The molecule has 1 fully saturated rings. The maximum atomic E-state index is 12.5. The molecular formula is C10H18F6N2O3P+. The molecule has 0 aromatic heterocycles. The van der Waals surface area contributed by atoms with E-state index in [1.54, 1.807) is 0 Å². The highest BCUT2D eigenvalue weighted by Gasteiger charge is 2.49. The average Bonchev–Trinajstić information content (AvgIpc) is 2.19. The van der Waals surface area contributed by atoms with Crippen molar-refractivity contribution in [3.8, 4) is 0 Å². The normalized spacial score (nSPS) is 27.1. The summed E-state index contributed by atoms with van der Waals surface area (Å²) in [5.74, 6) is 0. The van der Waals surface area contributed by atoms with E-state index in [4.69, 9.17) is 14.4 Å². The Morgan fingerprint density at radius 3 is 2.05 bits per heavy atom. The largest absolute Gasteiger partial charge is 0.692 e. The van der Waals surface area contributed by atoms with Crippen molar-refractivity contribution in [3.63, 3.8) is 0 Å². The summed E-state index contributed by atoms with van der Waals surface area (Å²) in [4.78, 5) is 15.1. The van der Waals surface area contributed by atoms with Gasteiger partial charge in [0.1, 0.15) is 0 Å². The number of halogens is 6. The van der Waals surface area contributed by atoms with E-state index < -0.39 is 45.2 Å². The van der Waals surface area contributed by atoms with Gasteiger partial charge in [0.15, 0.2) is 0 Å². The Labute approximate surface area is 124 Å². The third-order valence-electron chi connectivity index (χ3n) is 3.10. The van der Waals surface area contributed by atoms with Gasteiger partial charge in [-0.1, -0.05) is 0 Å². The van der Waals surface area contributed by atoms with Crippen LogP contribution in [0.15, 0.2) is 0 Å². The summed E-state index contributed by atoms with van der Waals surface area (Å²) in [6.07, 6.45) is -10.2. The van der Waals surface area contributed by atoms with Gasteiger partial charge < -0.3 is 5.32 Å². The van der Waals surface area contributed by atoms with Gasteiger partial charge in [0, 0.05) is 29.2 Å². The molecule has 2 unspecified atom stereocenters. The lowest BCUT2D eigenvalue weighted by Crippen LogP contribution is -2.66. The Bertz CT molecular complexity index is 375. The van der Waals surface area contributed by atoms with Crippen LogP contribution in [0.4, 0.5) is 26.3 Å². The summed E-state index contributed by atoms with van der Waals surface area (Å²) in [5, 5.41) is 2.75. The molecule has 1 rings (SSSR count). The summed E-state index contributed by atoms with van der Waals surface area (Å²) >= 11 is 0. The Morgan fingerprint density at radius 1 is 1.23 bits per heavy atom. The van der Waals surface area contributed by atoms with Crippen LogP contribution in [0.2, 0.25) is 0 Å². The van der Waals surface area contributed by atoms with Gasteiger partial charge in [-0.05, 0) is 13.8 Å². The highest BCUT2D eigenvalue weighted by Crippen LogP contribution is 2.35. The van der Waals surface area contributed by atoms with Crippen molar-refractivity contribution >= 4 is 8.25 Å². The zero-order chi connectivity index (χ0) is 17.8. The van der Waals surface area contributed by atoms with Crippen molar-refractivity contribution in [2.45, 2.75) is 44.2 Å². The fourth-order valence-electron chi connectivity index (χ4n) is 2.43. The summed E-state index contributed by atoms with van der Waals surface area (Å²) in [7, 11) is -2.87. The second-order valence-electron chi connectivity index (χ2n) is 5.26. The third-order valence-corrected chi connectivity index (χ3v) is 3.10. The zero-order valence-corrected chi connectivity index (χ0v) is 12.8. The Hall–Kier alpha value is -0.480. The number of hydrogen-bond acceptors (Lipinski definition) is 3. The lowest BCUT2D eigenvalue weighted by Gasteiger charge is -2.49. The van der Waals surface area contributed by atoms with Crippen LogP contribution in [0, 0.1) is 0 Å². The molecule has 1 saturated heterocycles. The summed E-state index contributed by atoms with van der Waals surface area (Å²) < 4.78 is 83.5. The second kappa shape index (κ2) is 7.87. The highest BCUT2D eigenvalue weighted by molar-refractivity contribution is 7.30. The quantitative estimate of drug-likeness (QED) is 0.521. The molecule has 1 aliphatic rings. The molecule has 0 amide bonds. The van der Waals surface area contributed by atoms with E-state index in [9.17, 15) is 26.3 Å². The van der Waals surface area contributed by atoms with Crippen LogP contribution in [0.25, 0.3) is 0 Å². The molecule has 0 aromatic carbocycles. The molecule has 0 spiro atoms. The van der Waals surface area contributed by atoms with Crippen LogP contribution in [0.1, 0.15) is 20.3 Å². The summed E-state index contributed by atoms with van der Waals surface area (Å²) in [5.41, 5.74) is -1.56. The van der Waals surface area contributed by atoms with E-state index in [0.717, 1.165) is 4.90 Å². The molecular weight excluding hydrogens is 341 g/mol. The van der Waals surface area contributed by atoms with Crippen molar-refractivity contribution in [3.05, 3.63) is 0 Å². The van der Waals surface area contributed by atoms with Crippen molar-refractivity contribution in [1.29, 1.82) is 0 Å². The molecule has 2 atom stereocenters. The molecule has 132 valence electrons. The van der Waals surface area contributed by atoms with E-state index in [0.29, 0.717) is 0 Å². The molecule has 22 heavy (non-hydrogen) atoms. The predicted molar refractivity (Wildman–Crippen MR) is 66.2 cm³/mol. The standard InChI is InChI=1S/C10H16F6N2.HO3P/c1-7-3-17-5-8(2,4-9(11,12)13)18(7)6-10(14,15)16;1-4(2)3/h7,17H,3-6H2,1-2H3;(H-,1,2,3)/p+1. The monoisotopic (exact) mass is 359 g/mol. The first-order valence-electron chi connectivity index (χ1n) is 6.12. The molecule has 5 nitrogen and oxygen atoms in total. The van der Waals surface area contributed by atoms with Crippen molar-refractivity contribution in [2.75, 3.05) is 19.6 Å². The van der Waals surface area contributed by atoms with Gasteiger partial charge in [-0.15, -0.1) is 9.79 Å². The van der Waals surface area contributed by atoms with Crippen LogP contribution >= 0.6 is 8.25 Å². The van der Waals surface area contributed by atoms with Crippen LogP contribution in [0.5, 0.6) is 0 Å². The predicted octanol–water partition coefficient (Wildman–Crippen LogP) is 2.18. The Morgan fingerprint density at radius 2 is 1.68 bits per heavy atom. The van der Waals surface area contributed by atoms with Gasteiger partial charge in [0.05, 0.1) is 13.0 Å². The summed E-state index contributed by atoms with van der Waals surface area (Å²) in [6.45, 7) is 1.54. The fourth-order valence-corrected chi connectivity index (χ4v) is 2.43. The van der Waals surface area contributed by atoms with Crippen LogP contribution in [-0.4, -0.2) is 58.3 Å². The van der Waals surface area contributed by atoms with Gasteiger partial charge >= 0.3 is 20.6 Å². The van der Waals surface area contributed by atoms with Crippen molar-refractivity contribution in [2.24, 2.45) is 0 Å². The molecule has 12 heteroatoms. The smallest absolute Gasteiger partial charge is 0.313 e. The maximum Gasteiger partial charge on any atom is 0.692 e. The Balaban J connectivity index is 0.000000980. The number of rotatable bonds is 2. The van der Waals surface area contributed by atoms with Gasteiger partial charge in [0.25, 0.3) is 0 Å². The van der Waals surface area contributed by atoms with E-state index in [2.05, 4.69) is 5.32 Å². The molecule has 3 N–H and O–H groups in total. The van der Waals surface area contributed by atoms with Gasteiger partial charge in [-0.25, -0.2) is 0 Å². The van der Waals surface area contributed by atoms with E-state index in [-0.39, 0.29) is 13.1 Å². The molecule has 1 aliphatic heterocycles. The number of piperazine rings is 1. The lowest BCUT2D eigenvalue weighted by atomic mass is 9.90. The van der Waals surface area contributed by atoms with E-state index in [1.807, 2.05) is 0 Å². The minimum Gasteiger partial charge on any atom is -0.313 e. The molecule has 0 bridgehead atoms. The molecule has 0 aliphatic carbocycles. The molecule has 0 radical (unpaired) electrons. The van der Waals surface area contributed by atoms with E-state index >= 15 is 0 Å². The molecule has 1 heterocycles. The number of alkyl halides is 6. The number of nitrogens with zero attached hydrogens (tertiary/aromatic N) is 1. The number of nitrogens with one attached hydrogen (secondary N) is 1. The first kappa shape index (κ1) is 21.5.